The SMILES string of the molecule is Cc1ccc(Cc2ccccc2O)s1. The van der Waals surface area contributed by atoms with Gasteiger partial charge in [-0.1, -0.05) is 18.2 Å². The zero-order chi connectivity index (χ0) is 9.97. The number of phenolic OH excluding ortho intramolecular Hbond substituents is 1. The van der Waals surface area contributed by atoms with E-state index < -0.39 is 0 Å². The normalized spacial score (nSPS) is 10.4. The number of thiophene rings is 1. The number of hydrogen-bond donors (Lipinski definition) is 1. The van der Waals surface area contributed by atoms with E-state index in [1.165, 1.54) is 9.75 Å². The highest BCUT2D eigenvalue weighted by Gasteiger charge is 2.02. The summed E-state index contributed by atoms with van der Waals surface area (Å²) < 4.78 is 0. The van der Waals surface area contributed by atoms with Crippen LogP contribution in [-0.2, 0) is 6.42 Å². The number of rotatable bonds is 2. The molecule has 0 unspecified atom stereocenters. The van der Waals surface area contributed by atoms with E-state index in [2.05, 4.69) is 19.1 Å². The highest BCUT2D eigenvalue weighted by Crippen LogP contribution is 2.23. The molecule has 0 aliphatic carbocycles. The Bertz CT molecular complexity index is 431. The fourth-order valence-electron chi connectivity index (χ4n) is 1.43. The molecule has 0 bridgehead atoms. The lowest BCUT2D eigenvalue weighted by Gasteiger charge is -2.01. The van der Waals surface area contributed by atoms with Crippen LogP contribution >= 0.6 is 11.3 Å². The average Bonchev–Trinajstić information content (AvgIpc) is 2.56. The van der Waals surface area contributed by atoms with Crippen LogP contribution in [0.5, 0.6) is 5.75 Å². The molecule has 0 amide bonds. The monoisotopic (exact) mass is 204 g/mol. The predicted molar refractivity (Wildman–Crippen MR) is 60.0 cm³/mol. The largest absolute Gasteiger partial charge is 0.508 e. The summed E-state index contributed by atoms with van der Waals surface area (Å²) in [5, 5.41) is 9.58. The van der Waals surface area contributed by atoms with Crippen LogP contribution < -0.4 is 0 Å². The number of aryl methyl sites for hydroxylation is 1. The van der Waals surface area contributed by atoms with Crippen molar-refractivity contribution in [1.82, 2.24) is 0 Å². The van der Waals surface area contributed by atoms with Gasteiger partial charge in [0.15, 0.2) is 0 Å². The quantitative estimate of drug-likeness (QED) is 0.795. The Kier molecular flexibility index (Phi) is 2.55. The molecule has 2 heteroatoms. The first-order valence-electron chi connectivity index (χ1n) is 4.58. The number of hydrogen-bond acceptors (Lipinski definition) is 2. The molecule has 1 heterocycles. The second kappa shape index (κ2) is 3.84. The smallest absolute Gasteiger partial charge is 0.119 e. The van der Waals surface area contributed by atoms with Crippen molar-refractivity contribution in [2.45, 2.75) is 13.3 Å². The van der Waals surface area contributed by atoms with Crippen LogP contribution in [0.3, 0.4) is 0 Å². The molecule has 1 aromatic heterocycles. The molecule has 0 aliphatic heterocycles. The summed E-state index contributed by atoms with van der Waals surface area (Å²) in [6.45, 7) is 2.10. The maximum atomic E-state index is 9.58. The summed E-state index contributed by atoms with van der Waals surface area (Å²) in [6.07, 6.45) is 0.825. The number of benzene rings is 1. The minimum absolute atomic E-state index is 0.388. The molecule has 2 aromatic rings. The fraction of sp³-hybridized carbons (Fsp3) is 0.167. The van der Waals surface area contributed by atoms with Gasteiger partial charge in [-0.15, -0.1) is 11.3 Å². The van der Waals surface area contributed by atoms with Gasteiger partial charge in [0.1, 0.15) is 5.75 Å². The van der Waals surface area contributed by atoms with Crippen molar-refractivity contribution in [3.63, 3.8) is 0 Å². The van der Waals surface area contributed by atoms with Crippen molar-refractivity contribution in [3.8, 4) is 5.75 Å². The van der Waals surface area contributed by atoms with Crippen LogP contribution in [0.25, 0.3) is 0 Å². The second-order valence-electron chi connectivity index (χ2n) is 3.32. The van der Waals surface area contributed by atoms with Crippen molar-refractivity contribution in [2.75, 3.05) is 0 Å². The summed E-state index contributed by atoms with van der Waals surface area (Å²) in [4.78, 5) is 2.61. The molecule has 2 rings (SSSR count). The Balaban J connectivity index is 2.23. The van der Waals surface area contributed by atoms with E-state index in [9.17, 15) is 5.11 Å². The number of aromatic hydroxyl groups is 1. The third-order valence-corrected chi connectivity index (χ3v) is 3.15. The van der Waals surface area contributed by atoms with Gasteiger partial charge in [0.2, 0.25) is 0 Å². The maximum Gasteiger partial charge on any atom is 0.119 e. The molecule has 1 aromatic carbocycles. The van der Waals surface area contributed by atoms with Gasteiger partial charge < -0.3 is 5.11 Å². The van der Waals surface area contributed by atoms with Crippen LogP contribution in [0, 0.1) is 6.92 Å². The van der Waals surface area contributed by atoms with E-state index in [0.29, 0.717) is 5.75 Å². The molecule has 1 nitrogen and oxygen atoms in total. The Labute approximate surface area is 87.7 Å². The second-order valence-corrected chi connectivity index (χ2v) is 4.69. The third-order valence-electron chi connectivity index (χ3n) is 2.15. The third kappa shape index (κ3) is 1.96. The molecule has 0 spiro atoms. The highest BCUT2D eigenvalue weighted by molar-refractivity contribution is 7.11. The number of phenols is 1. The Morgan fingerprint density at radius 2 is 1.93 bits per heavy atom. The molecule has 72 valence electrons. The van der Waals surface area contributed by atoms with E-state index in [-0.39, 0.29) is 0 Å². The fourth-order valence-corrected chi connectivity index (χ4v) is 2.34. The lowest BCUT2D eigenvalue weighted by atomic mass is 10.1. The van der Waals surface area contributed by atoms with Crippen LogP contribution in [0.1, 0.15) is 15.3 Å². The van der Waals surface area contributed by atoms with Crippen molar-refractivity contribution in [2.24, 2.45) is 0 Å². The van der Waals surface area contributed by atoms with Gasteiger partial charge in [-0.05, 0) is 30.7 Å². The van der Waals surface area contributed by atoms with Crippen LogP contribution in [-0.4, -0.2) is 5.11 Å². The highest BCUT2D eigenvalue weighted by atomic mass is 32.1. The predicted octanol–water partition coefficient (Wildman–Crippen LogP) is 3.35. The van der Waals surface area contributed by atoms with Gasteiger partial charge in [-0.3, -0.25) is 0 Å². The maximum absolute atomic E-state index is 9.58. The van der Waals surface area contributed by atoms with Crippen LogP contribution in [0.2, 0.25) is 0 Å². The molecule has 0 fully saturated rings. The Morgan fingerprint density at radius 1 is 1.14 bits per heavy atom. The topological polar surface area (TPSA) is 20.2 Å². The minimum atomic E-state index is 0.388. The van der Waals surface area contributed by atoms with Gasteiger partial charge in [0.25, 0.3) is 0 Å². The zero-order valence-electron chi connectivity index (χ0n) is 8.03. The molecule has 0 atom stereocenters. The lowest BCUT2D eigenvalue weighted by molar-refractivity contribution is 0.469. The first-order chi connectivity index (χ1) is 6.75. The Hall–Kier alpha value is -1.28. The summed E-state index contributed by atoms with van der Waals surface area (Å²) in [7, 11) is 0. The summed E-state index contributed by atoms with van der Waals surface area (Å²) in [5.41, 5.74) is 0.995. The number of para-hydroxylation sites is 1. The molecular formula is C12H12OS. The van der Waals surface area contributed by atoms with Crippen LogP contribution in [0.15, 0.2) is 36.4 Å². The van der Waals surface area contributed by atoms with Gasteiger partial charge >= 0.3 is 0 Å². The van der Waals surface area contributed by atoms with Crippen molar-refractivity contribution in [3.05, 3.63) is 51.7 Å². The standard InChI is InChI=1S/C12H12OS/c1-9-6-7-11(14-9)8-10-4-2-3-5-12(10)13/h2-7,13H,8H2,1H3. The van der Waals surface area contributed by atoms with E-state index in [4.69, 9.17) is 0 Å². The molecule has 0 saturated carbocycles. The molecule has 0 saturated heterocycles. The molecular weight excluding hydrogens is 192 g/mol. The first-order valence-corrected chi connectivity index (χ1v) is 5.39. The van der Waals surface area contributed by atoms with Crippen LogP contribution in [0.4, 0.5) is 0 Å². The van der Waals surface area contributed by atoms with Gasteiger partial charge in [-0.2, -0.15) is 0 Å². The van der Waals surface area contributed by atoms with E-state index in [1.807, 2.05) is 18.2 Å². The van der Waals surface area contributed by atoms with Gasteiger partial charge in [-0.25, -0.2) is 0 Å². The molecule has 0 radical (unpaired) electrons. The van der Waals surface area contributed by atoms with Crippen molar-refractivity contribution < 1.29 is 5.11 Å². The van der Waals surface area contributed by atoms with E-state index >= 15 is 0 Å². The zero-order valence-corrected chi connectivity index (χ0v) is 8.84. The summed E-state index contributed by atoms with van der Waals surface area (Å²) in [5.74, 6) is 0.388. The molecule has 1 N–H and O–H groups in total. The average molecular weight is 204 g/mol. The minimum Gasteiger partial charge on any atom is -0.508 e. The summed E-state index contributed by atoms with van der Waals surface area (Å²) >= 11 is 1.78. The van der Waals surface area contributed by atoms with Gasteiger partial charge in [0.05, 0.1) is 0 Å². The van der Waals surface area contributed by atoms with Crippen molar-refractivity contribution in [1.29, 1.82) is 0 Å². The van der Waals surface area contributed by atoms with Gasteiger partial charge in [0, 0.05) is 16.2 Å². The molecule has 14 heavy (non-hydrogen) atoms. The van der Waals surface area contributed by atoms with Crippen molar-refractivity contribution >= 4 is 11.3 Å². The first kappa shape index (κ1) is 9.28. The molecule has 0 aliphatic rings. The summed E-state index contributed by atoms with van der Waals surface area (Å²) in [6, 6.07) is 11.7. The Morgan fingerprint density at radius 3 is 2.57 bits per heavy atom. The lowest BCUT2D eigenvalue weighted by Crippen LogP contribution is -1.84. The van der Waals surface area contributed by atoms with E-state index in [0.717, 1.165) is 12.0 Å². The van der Waals surface area contributed by atoms with E-state index in [1.54, 1.807) is 17.4 Å².